The molecule has 0 atom stereocenters. The molecule has 0 saturated heterocycles. The van der Waals surface area contributed by atoms with Gasteiger partial charge < -0.3 is 5.32 Å². The molecule has 4 heteroatoms. The smallest absolute Gasteiger partial charge is 0.244 e. The van der Waals surface area contributed by atoms with Gasteiger partial charge in [0.15, 0.2) is 0 Å². The van der Waals surface area contributed by atoms with Gasteiger partial charge in [-0.15, -0.1) is 11.3 Å². The van der Waals surface area contributed by atoms with Crippen LogP contribution in [0.2, 0.25) is 0 Å². The molecule has 1 amide bonds. The van der Waals surface area contributed by atoms with Crippen molar-refractivity contribution in [1.29, 1.82) is 0 Å². The molecule has 1 aliphatic carbocycles. The molecule has 3 nitrogen and oxygen atoms in total. The van der Waals surface area contributed by atoms with Crippen LogP contribution in [0.1, 0.15) is 37.1 Å². The predicted molar refractivity (Wildman–Crippen MR) is 88.2 cm³/mol. The van der Waals surface area contributed by atoms with Gasteiger partial charge in [-0.2, -0.15) is 0 Å². The van der Waals surface area contributed by atoms with Crippen LogP contribution in [0.25, 0.3) is 16.3 Å². The van der Waals surface area contributed by atoms with Crippen molar-refractivity contribution in [3.8, 4) is 0 Å². The highest BCUT2D eigenvalue weighted by atomic mass is 32.1. The van der Waals surface area contributed by atoms with Gasteiger partial charge in [0.1, 0.15) is 5.01 Å². The monoisotopic (exact) mass is 300 g/mol. The van der Waals surface area contributed by atoms with Crippen molar-refractivity contribution in [3.05, 3.63) is 35.3 Å². The molecule has 1 fully saturated rings. The third-order valence-electron chi connectivity index (χ3n) is 3.98. The van der Waals surface area contributed by atoms with Crippen LogP contribution in [0.4, 0.5) is 0 Å². The molecule has 1 aromatic carbocycles. The van der Waals surface area contributed by atoms with Crippen LogP contribution >= 0.6 is 11.3 Å². The van der Waals surface area contributed by atoms with Crippen LogP contribution in [0, 0.1) is 5.92 Å². The highest BCUT2D eigenvalue weighted by Crippen LogP contribution is 2.23. The number of para-hydroxylation sites is 1. The Hall–Kier alpha value is -1.68. The lowest BCUT2D eigenvalue weighted by molar-refractivity contribution is -0.116. The van der Waals surface area contributed by atoms with E-state index in [0.29, 0.717) is 5.92 Å². The number of thiazole rings is 1. The Morgan fingerprint density at radius 3 is 2.90 bits per heavy atom. The fourth-order valence-corrected chi connectivity index (χ4v) is 3.67. The lowest BCUT2D eigenvalue weighted by Crippen LogP contribution is -2.28. The van der Waals surface area contributed by atoms with E-state index in [1.165, 1.54) is 32.1 Å². The number of fused-ring (bicyclic) bond motifs is 1. The van der Waals surface area contributed by atoms with Crippen molar-refractivity contribution >= 4 is 33.5 Å². The zero-order valence-corrected chi connectivity index (χ0v) is 12.9. The number of hydrogen-bond acceptors (Lipinski definition) is 3. The normalized spacial score (nSPS) is 16.6. The molecule has 0 radical (unpaired) electrons. The number of benzene rings is 1. The molecule has 1 saturated carbocycles. The average molecular weight is 300 g/mol. The zero-order chi connectivity index (χ0) is 14.5. The summed E-state index contributed by atoms with van der Waals surface area (Å²) in [6.45, 7) is 0.809. The lowest BCUT2D eigenvalue weighted by atomic mass is 9.89. The van der Waals surface area contributed by atoms with Gasteiger partial charge in [0.05, 0.1) is 10.2 Å². The van der Waals surface area contributed by atoms with Gasteiger partial charge in [-0.1, -0.05) is 31.4 Å². The minimum Gasteiger partial charge on any atom is -0.352 e. The largest absolute Gasteiger partial charge is 0.352 e. The maximum atomic E-state index is 11.9. The predicted octanol–water partition coefficient (Wildman–Crippen LogP) is 4.01. The van der Waals surface area contributed by atoms with E-state index in [9.17, 15) is 4.79 Å². The van der Waals surface area contributed by atoms with Crippen LogP contribution in [-0.4, -0.2) is 17.4 Å². The second kappa shape index (κ2) is 6.85. The van der Waals surface area contributed by atoms with E-state index in [4.69, 9.17) is 0 Å². The van der Waals surface area contributed by atoms with Crippen LogP contribution in [0.5, 0.6) is 0 Å². The molecule has 21 heavy (non-hydrogen) atoms. The van der Waals surface area contributed by atoms with Gasteiger partial charge in [-0.25, -0.2) is 4.98 Å². The van der Waals surface area contributed by atoms with E-state index >= 15 is 0 Å². The molecule has 3 rings (SSSR count). The first-order valence-electron chi connectivity index (χ1n) is 7.63. The van der Waals surface area contributed by atoms with E-state index in [1.54, 1.807) is 23.5 Å². The van der Waals surface area contributed by atoms with Crippen molar-refractivity contribution in [3.63, 3.8) is 0 Å². The van der Waals surface area contributed by atoms with Gasteiger partial charge in [0, 0.05) is 12.6 Å². The SMILES string of the molecule is O=C(C=Cc1nc2ccccc2s1)NCC1CCCCC1. The summed E-state index contributed by atoms with van der Waals surface area (Å²) < 4.78 is 1.15. The first-order valence-corrected chi connectivity index (χ1v) is 8.44. The summed E-state index contributed by atoms with van der Waals surface area (Å²) in [6.07, 6.45) is 9.87. The molecule has 2 aromatic rings. The summed E-state index contributed by atoms with van der Waals surface area (Å²) in [4.78, 5) is 16.3. The Morgan fingerprint density at radius 2 is 2.10 bits per heavy atom. The number of amides is 1. The number of rotatable bonds is 4. The van der Waals surface area contributed by atoms with Crippen molar-refractivity contribution in [2.45, 2.75) is 32.1 Å². The molecule has 1 aliphatic rings. The fraction of sp³-hybridized carbons (Fsp3) is 0.412. The van der Waals surface area contributed by atoms with E-state index in [2.05, 4.69) is 10.3 Å². The Balaban J connectivity index is 1.53. The number of hydrogen-bond donors (Lipinski definition) is 1. The summed E-state index contributed by atoms with van der Waals surface area (Å²) in [7, 11) is 0. The van der Waals surface area contributed by atoms with E-state index in [-0.39, 0.29) is 5.91 Å². The van der Waals surface area contributed by atoms with E-state index < -0.39 is 0 Å². The molecule has 1 heterocycles. The molecule has 1 aromatic heterocycles. The third kappa shape index (κ3) is 3.91. The van der Waals surface area contributed by atoms with Gasteiger partial charge in [-0.3, -0.25) is 4.79 Å². The first kappa shape index (κ1) is 14.3. The van der Waals surface area contributed by atoms with E-state index in [1.807, 2.05) is 24.3 Å². The fourth-order valence-electron chi connectivity index (χ4n) is 2.80. The maximum Gasteiger partial charge on any atom is 0.244 e. The number of carbonyl (C=O) groups is 1. The number of carbonyl (C=O) groups excluding carboxylic acids is 1. The Morgan fingerprint density at radius 1 is 1.29 bits per heavy atom. The molecular formula is C17H20N2OS. The molecule has 0 spiro atoms. The molecule has 0 bridgehead atoms. The van der Waals surface area contributed by atoms with Gasteiger partial charge >= 0.3 is 0 Å². The van der Waals surface area contributed by atoms with Crippen LogP contribution < -0.4 is 5.32 Å². The molecule has 110 valence electrons. The Bertz CT molecular complexity index is 608. The van der Waals surface area contributed by atoms with Crippen molar-refractivity contribution in [2.24, 2.45) is 5.92 Å². The molecule has 0 aliphatic heterocycles. The highest BCUT2D eigenvalue weighted by Gasteiger charge is 2.13. The van der Waals surface area contributed by atoms with Gasteiger partial charge in [-0.05, 0) is 37.0 Å². The zero-order valence-electron chi connectivity index (χ0n) is 12.0. The standard InChI is InChI=1S/C17H20N2OS/c20-16(18-12-13-6-2-1-3-7-13)10-11-17-19-14-8-4-5-9-15(14)21-17/h4-5,8-11,13H,1-3,6-7,12H2,(H,18,20). The topological polar surface area (TPSA) is 42.0 Å². The summed E-state index contributed by atoms with van der Waals surface area (Å²) in [5.41, 5.74) is 0.991. The number of nitrogens with zero attached hydrogens (tertiary/aromatic N) is 1. The Kier molecular flexibility index (Phi) is 4.65. The van der Waals surface area contributed by atoms with Crippen molar-refractivity contribution < 1.29 is 4.79 Å². The Labute approximate surface area is 129 Å². The minimum absolute atomic E-state index is 0.0140. The third-order valence-corrected chi connectivity index (χ3v) is 4.98. The lowest BCUT2D eigenvalue weighted by Gasteiger charge is -2.21. The summed E-state index contributed by atoms with van der Waals surface area (Å²) in [5, 5.41) is 3.89. The summed E-state index contributed by atoms with van der Waals surface area (Å²) >= 11 is 1.61. The molecule has 0 unspecified atom stereocenters. The number of aromatic nitrogens is 1. The highest BCUT2D eigenvalue weighted by molar-refractivity contribution is 7.19. The van der Waals surface area contributed by atoms with Gasteiger partial charge in [0.25, 0.3) is 0 Å². The average Bonchev–Trinajstić information content (AvgIpc) is 2.95. The van der Waals surface area contributed by atoms with E-state index in [0.717, 1.165) is 21.8 Å². The van der Waals surface area contributed by atoms with Crippen molar-refractivity contribution in [1.82, 2.24) is 10.3 Å². The van der Waals surface area contributed by atoms with Crippen LogP contribution in [0.15, 0.2) is 30.3 Å². The van der Waals surface area contributed by atoms with Gasteiger partial charge in [0.2, 0.25) is 5.91 Å². The molecular weight excluding hydrogens is 280 g/mol. The summed E-state index contributed by atoms with van der Waals surface area (Å²) in [6, 6.07) is 8.02. The second-order valence-electron chi connectivity index (χ2n) is 5.60. The maximum absolute atomic E-state index is 11.9. The second-order valence-corrected chi connectivity index (χ2v) is 6.66. The quantitative estimate of drug-likeness (QED) is 0.867. The van der Waals surface area contributed by atoms with Crippen LogP contribution in [0.3, 0.4) is 0 Å². The minimum atomic E-state index is -0.0140. The summed E-state index contributed by atoms with van der Waals surface area (Å²) in [5.74, 6) is 0.651. The first-order chi connectivity index (χ1) is 10.3. The van der Waals surface area contributed by atoms with Crippen molar-refractivity contribution in [2.75, 3.05) is 6.54 Å². The molecule has 1 N–H and O–H groups in total. The number of nitrogens with one attached hydrogen (secondary N) is 1. The van der Waals surface area contributed by atoms with Crippen LogP contribution in [-0.2, 0) is 4.79 Å².